The Bertz CT molecular complexity index is 1220. The SMILES string of the molecule is CCCCCc1ccc(OC(=O)c2ccc3c(c2F)C(F)C(F)c2c-3ccc(CCC)c2F)cc1. The molecule has 0 fully saturated rings. The molecule has 2 nitrogen and oxygen atoms in total. The smallest absolute Gasteiger partial charge is 0.346 e. The average Bonchev–Trinajstić information content (AvgIpc) is 2.85. The first-order valence-corrected chi connectivity index (χ1v) is 12.1. The largest absolute Gasteiger partial charge is 0.423 e. The highest BCUT2D eigenvalue weighted by molar-refractivity contribution is 5.93. The Hall–Kier alpha value is -3.15. The molecule has 2 unspecified atom stereocenters. The summed E-state index contributed by atoms with van der Waals surface area (Å²) in [7, 11) is 0. The lowest BCUT2D eigenvalue weighted by Crippen LogP contribution is -2.19. The number of esters is 1. The first-order chi connectivity index (χ1) is 16.9. The Balaban J connectivity index is 1.62. The number of halogens is 4. The molecule has 3 aromatic rings. The lowest BCUT2D eigenvalue weighted by Gasteiger charge is -2.28. The van der Waals surface area contributed by atoms with Crippen LogP contribution in [0, 0.1) is 11.6 Å². The second-order valence-corrected chi connectivity index (χ2v) is 8.93. The van der Waals surface area contributed by atoms with Crippen molar-refractivity contribution in [1.82, 2.24) is 0 Å². The summed E-state index contributed by atoms with van der Waals surface area (Å²) >= 11 is 0. The number of carbonyl (C=O) groups is 1. The van der Waals surface area contributed by atoms with Crippen LogP contribution in [-0.2, 0) is 12.8 Å². The van der Waals surface area contributed by atoms with Crippen LogP contribution in [0.25, 0.3) is 11.1 Å². The molecular formula is C29H28F4O2. The molecule has 184 valence electrons. The number of aryl methyl sites for hydroxylation is 2. The number of hydrogen-bond donors (Lipinski definition) is 0. The highest BCUT2D eigenvalue weighted by Gasteiger charge is 2.40. The zero-order valence-corrected chi connectivity index (χ0v) is 19.8. The number of ether oxygens (including phenoxy) is 1. The van der Waals surface area contributed by atoms with Gasteiger partial charge in [0.05, 0.1) is 5.56 Å². The monoisotopic (exact) mass is 484 g/mol. The highest BCUT2D eigenvalue weighted by Crippen LogP contribution is 2.51. The number of fused-ring (bicyclic) bond motifs is 3. The van der Waals surface area contributed by atoms with Gasteiger partial charge in [0.1, 0.15) is 17.4 Å². The molecule has 3 aromatic carbocycles. The van der Waals surface area contributed by atoms with Gasteiger partial charge in [-0.05, 0) is 59.7 Å². The summed E-state index contributed by atoms with van der Waals surface area (Å²) < 4.78 is 65.8. The maximum absolute atomic E-state index is 15.4. The van der Waals surface area contributed by atoms with Gasteiger partial charge in [-0.1, -0.05) is 63.4 Å². The van der Waals surface area contributed by atoms with Gasteiger partial charge in [0.25, 0.3) is 0 Å². The molecule has 6 heteroatoms. The fourth-order valence-electron chi connectivity index (χ4n) is 4.62. The molecular weight excluding hydrogens is 456 g/mol. The van der Waals surface area contributed by atoms with Crippen LogP contribution in [0.1, 0.15) is 84.5 Å². The van der Waals surface area contributed by atoms with E-state index in [-0.39, 0.29) is 16.9 Å². The minimum absolute atomic E-state index is 0.0360. The van der Waals surface area contributed by atoms with Crippen LogP contribution in [0.15, 0.2) is 48.5 Å². The normalized spacial score (nSPS) is 16.5. The molecule has 0 radical (unpaired) electrons. The van der Waals surface area contributed by atoms with E-state index in [0.717, 1.165) is 31.2 Å². The van der Waals surface area contributed by atoms with Gasteiger partial charge in [0.15, 0.2) is 12.3 Å². The third kappa shape index (κ3) is 4.84. The van der Waals surface area contributed by atoms with Gasteiger partial charge in [-0.3, -0.25) is 0 Å². The molecule has 2 atom stereocenters. The third-order valence-electron chi connectivity index (χ3n) is 6.48. The Labute approximate surface area is 202 Å². The summed E-state index contributed by atoms with van der Waals surface area (Å²) in [6.45, 7) is 3.98. The summed E-state index contributed by atoms with van der Waals surface area (Å²) in [5, 5.41) is 0. The zero-order chi connectivity index (χ0) is 25.1. The summed E-state index contributed by atoms with van der Waals surface area (Å²) in [4.78, 5) is 12.7. The summed E-state index contributed by atoms with van der Waals surface area (Å²) in [6, 6.07) is 12.4. The highest BCUT2D eigenvalue weighted by atomic mass is 19.2. The molecule has 0 spiro atoms. The number of unbranched alkanes of at least 4 members (excludes halogenated alkanes) is 2. The van der Waals surface area contributed by atoms with Gasteiger partial charge < -0.3 is 4.74 Å². The third-order valence-corrected chi connectivity index (χ3v) is 6.48. The number of carbonyl (C=O) groups excluding carboxylic acids is 1. The molecule has 0 saturated carbocycles. The zero-order valence-electron chi connectivity index (χ0n) is 19.8. The second-order valence-electron chi connectivity index (χ2n) is 8.93. The molecule has 4 rings (SSSR count). The van der Waals surface area contributed by atoms with Crippen molar-refractivity contribution >= 4 is 5.97 Å². The van der Waals surface area contributed by atoms with Gasteiger partial charge in [0.2, 0.25) is 0 Å². The maximum Gasteiger partial charge on any atom is 0.346 e. The van der Waals surface area contributed by atoms with Crippen LogP contribution >= 0.6 is 0 Å². The molecule has 1 aliphatic rings. The van der Waals surface area contributed by atoms with Crippen LogP contribution in [0.4, 0.5) is 17.6 Å². The van der Waals surface area contributed by atoms with Crippen LogP contribution in [0.3, 0.4) is 0 Å². The molecule has 0 heterocycles. The molecule has 0 aliphatic heterocycles. The quantitative estimate of drug-likeness (QED) is 0.139. The molecule has 0 bridgehead atoms. The molecule has 35 heavy (non-hydrogen) atoms. The first kappa shape index (κ1) is 25.0. The van der Waals surface area contributed by atoms with E-state index in [1.165, 1.54) is 24.3 Å². The van der Waals surface area contributed by atoms with E-state index in [9.17, 15) is 9.18 Å². The Morgan fingerprint density at radius 3 is 2.03 bits per heavy atom. The molecule has 0 amide bonds. The van der Waals surface area contributed by atoms with Crippen molar-refractivity contribution in [3.8, 4) is 16.9 Å². The van der Waals surface area contributed by atoms with E-state index in [1.54, 1.807) is 12.1 Å². The van der Waals surface area contributed by atoms with Crippen LogP contribution in [0.5, 0.6) is 5.75 Å². The molecule has 0 N–H and O–H groups in total. The van der Waals surface area contributed by atoms with Crippen molar-refractivity contribution in [3.05, 3.63) is 88.0 Å². The lowest BCUT2D eigenvalue weighted by atomic mass is 9.80. The van der Waals surface area contributed by atoms with Crippen LogP contribution in [0.2, 0.25) is 0 Å². The number of hydrogen-bond acceptors (Lipinski definition) is 2. The summed E-state index contributed by atoms with van der Waals surface area (Å²) in [5.74, 6) is -2.78. The van der Waals surface area contributed by atoms with Crippen molar-refractivity contribution in [2.24, 2.45) is 0 Å². The minimum atomic E-state index is -2.45. The van der Waals surface area contributed by atoms with Gasteiger partial charge in [-0.2, -0.15) is 0 Å². The van der Waals surface area contributed by atoms with Crippen molar-refractivity contribution in [3.63, 3.8) is 0 Å². The Morgan fingerprint density at radius 1 is 0.771 bits per heavy atom. The molecule has 0 saturated heterocycles. The minimum Gasteiger partial charge on any atom is -0.423 e. The van der Waals surface area contributed by atoms with Crippen LogP contribution in [-0.4, -0.2) is 5.97 Å². The standard InChI is InChI=1S/C29H28F4O2/c1-3-5-6-8-17-9-12-19(13-10-17)35-29(34)22-16-15-21-20-14-11-18(7-4-2)25(30)23(20)27(32)28(33)24(21)26(22)31/h9-16,27-28H,3-8H2,1-2H3. The van der Waals surface area contributed by atoms with Crippen molar-refractivity contribution in [1.29, 1.82) is 0 Å². The Morgan fingerprint density at radius 2 is 1.40 bits per heavy atom. The van der Waals surface area contributed by atoms with Gasteiger partial charge in [0, 0.05) is 11.1 Å². The predicted molar refractivity (Wildman–Crippen MR) is 128 cm³/mol. The van der Waals surface area contributed by atoms with E-state index in [2.05, 4.69) is 6.92 Å². The van der Waals surface area contributed by atoms with E-state index < -0.39 is 46.6 Å². The van der Waals surface area contributed by atoms with Gasteiger partial charge >= 0.3 is 5.97 Å². The van der Waals surface area contributed by atoms with Crippen molar-refractivity contribution in [2.75, 3.05) is 0 Å². The number of alkyl halides is 2. The summed E-state index contributed by atoms with van der Waals surface area (Å²) in [5.41, 5.74) is 0.0299. The maximum atomic E-state index is 15.4. The summed E-state index contributed by atoms with van der Waals surface area (Å²) in [6.07, 6.45) is 0.411. The van der Waals surface area contributed by atoms with Gasteiger partial charge in [-0.25, -0.2) is 22.4 Å². The average molecular weight is 485 g/mol. The first-order valence-electron chi connectivity index (χ1n) is 12.1. The Kier molecular flexibility index (Phi) is 7.58. The van der Waals surface area contributed by atoms with Gasteiger partial charge in [-0.15, -0.1) is 0 Å². The molecule has 1 aliphatic carbocycles. The predicted octanol–water partition coefficient (Wildman–Crippen LogP) is 8.57. The van der Waals surface area contributed by atoms with Crippen molar-refractivity contribution < 1.29 is 27.1 Å². The van der Waals surface area contributed by atoms with Crippen molar-refractivity contribution in [2.45, 2.75) is 64.7 Å². The number of benzene rings is 3. The van der Waals surface area contributed by atoms with E-state index >= 15 is 13.2 Å². The van der Waals surface area contributed by atoms with Crippen LogP contribution < -0.4 is 4.74 Å². The van der Waals surface area contributed by atoms with E-state index in [1.807, 2.05) is 19.1 Å². The second kappa shape index (κ2) is 10.6. The fourth-order valence-corrected chi connectivity index (χ4v) is 4.62. The fraction of sp³-hybridized carbons (Fsp3) is 0.345. The molecule has 0 aromatic heterocycles. The van der Waals surface area contributed by atoms with E-state index in [4.69, 9.17) is 4.74 Å². The topological polar surface area (TPSA) is 26.3 Å². The van der Waals surface area contributed by atoms with E-state index in [0.29, 0.717) is 18.4 Å². The lowest BCUT2D eigenvalue weighted by molar-refractivity contribution is 0.0728. The number of rotatable bonds is 8.